The molecule has 1 saturated heterocycles. The minimum absolute atomic E-state index is 0.752. The highest BCUT2D eigenvalue weighted by molar-refractivity contribution is 4.92. The van der Waals surface area contributed by atoms with Crippen molar-refractivity contribution in [3.8, 4) is 0 Å². The quantitative estimate of drug-likeness (QED) is 0.825. The normalized spacial score (nSPS) is 38.8. The maximum atomic E-state index is 3.74. The second-order valence-electron chi connectivity index (χ2n) is 6.41. The van der Waals surface area contributed by atoms with E-state index in [2.05, 4.69) is 31.0 Å². The molecule has 0 bridgehead atoms. The van der Waals surface area contributed by atoms with Gasteiger partial charge >= 0.3 is 0 Å². The SMILES string of the molecule is CCNC1CCCCC1N1CC(CC)CCC1C. The van der Waals surface area contributed by atoms with Gasteiger partial charge in [0, 0.05) is 24.7 Å². The summed E-state index contributed by atoms with van der Waals surface area (Å²) in [6, 6.07) is 2.36. The largest absolute Gasteiger partial charge is 0.313 e. The Bertz CT molecular complexity index is 239. The van der Waals surface area contributed by atoms with Gasteiger partial charge in [-0.05, 0) is 45.1 Å². The maximum absolute atomic E-state index is 3.74. The smallest absolute Gasteiger partial charge is 0.0252 e. The standard InChI is InChI=1S/C16H32N2/c1-4-14-11-10-13(3)18(12-14)16-9-7-6-8-15(16)17-5-2/h13-17H,4-12H2,1-3H3. The third-order valence-electron chi connectivity index (χ3n) is 5.23. The fraction of sp³-hybridized carbons (Fsp3) is 1.00. The van der Waals surface area contributed by atoms with E-state index in [9.17, 15) is 0 Å². The van der Waals surface area contributed by atoms with E-state index in [0.29, 0.717) is 0 Å². The van der Waals surface area contributed by atoms with Crippen LogP contribution in [0.2, 0.25) is 0 Å². The summed E-state index contributed by atoms with van der Waals surface area (Å²) in [5.74, 6) is 0.949. The van der Waals surface area contributed by atoms with Crippen LogP contribution in [-0.4, -0.2) is 36.1 Å². The van der Waals surface area contributed by atoms with Crippen molar-refractivity contribution in [1.29, 1.82) is 0 Å². The Morgan fingerprint density at radius 1 is 1.06 bits per heavy atom. The van der Waals surface area contributed by atoms with Gasteiger partial charge in [-0.1, -0.05) is 33.1 Å². The van der Waals surface area contributed by atoms with Crippen molar-refractivity contribution in [3.63, 3.8) is 0 Å². The number of hydrogen-bond acceptors (Lipinski definition) is 2. The molecule has 4 unspecified atom stereocenters. The summed E-state index contributed by atoms with van der Waals surface area (Å²) in [6.07, 6.45) is 9.89. The van der Waals surface area contributed by atoms with Gasteiger partial charge in [0.15, 0.2) is 0 Å². The number of rotatable bonds is 4. The van der Waals surface area contributed by atoms with Crippen LogP contribution in [0.4, 0.5) is 0 Å². The fourth-order valence-corrected chi connectivity index (χ4v) is 4.02. The molecule has 4 atom stereocenters. The number of hydrogen-bond donors (Lipinski definition) is 1. The fourth-order valence-electron chi connectivity index (χ4n) is 4.02. The molecule has 1 heterocycles. The van der Waals surface area contributed by atoms with E-state index >= 15 is 0 Å². The molecule has 0 radical (unpaired) electrons. The summed E-state index contributed by atoms with van der Waals surface area (Å²) < 4.78 is 0. The first-order chi connectivity index (χ1) is 8.76. The average Bonchev–Trinajstić information content (AvgIpc) is 2.41. The van der Waals surface area contributed by atoms with Crippen molar-refractivity contribution in [2.24, 2.45) is 5.92 Å². The van der Waals surface area contributed by atoms with E-state index in [0.717, 1.165) is 30.6 Å². The Labute approximate surface area is 114 Å². The van der Waals surface area contributed by atoms with Gasteiger partial charge in [0.2, 0.25) is 0 Å². The van der Waals surface area contributed by atoms with Gasteiger partial charge in [-0.2, -0.15) is 0 Å². The molecule has 1 aliphatic carbocycles. The van der Waals surface area contributed by atoms with Gasteiger partial charge in [-0.15, -0.1) is 0 Å². The van der Waals surface area contributed by atoms with Gasteiger partial charge in [-0.3, -0.25) is 4.90 Å². The van der Waals surface area contributed by atoms with E-state index in [1.807, 2.05) is 0 Å². The molecule has 106 valence electrons. The lowest BCUT2D eigenvalue weighted by Crippen LogP contribution is -2.57. The van der Waals surface area contributed by atoms with Crippen LogP contribution in [0.15, 0.2) is 0 Å². The molecule has 1 N–H and O–H groups in total. The Morgan fingerprint density at radius 3 is 2.56 bits per heavy atom. The van der Waals surface area contributed by atoms with Crippen LogP contribution < -0.4 is 5.32 Å². The molecule has 1 saturated carbocycles. The summed E-state index contributed by atoms with van der Waals surface area (Å²) in [6.45, 7) is 9.54. The maximum Gasteiger partial charge on any atom is 0.0252 e. The molecule has 0 spiro atoms. The minimum Gasteiger partial charge on any atom is -0.313 e. The third kappa shape index (κ3) is 3.27. The van der Waals surface area contributed by atoms with E-state index < -0.39 is 0 Å². The van der Waals surface area contributed by atoms with Crippen molar-refractivity contribution in [2.75, 3.05) is 13.1 Å². The van der Waals surface area contributed by atoms with E-state index in [-0.39, 0.29) is 0 Å². The number of nitrogens with zero attached hydrogens (tertiary/aromatic N) is 1. The molecule has 2 fully saturated rings. The lowest BCUT2D eigenvalue weighted by Gasteiger charge is -2.47. The summed E-state index contributed by atoms with van der Waals surface area (Å²) in [7, 11) is 0. The van der Waals surface area contributed by atoms with Crippen molar-refractivity contribution >= 4 is 0 Å². The summed E-state index contributed by atoms with van der Waals surface area (Å²) >= 11 is 0. The minimum atomic E-state index is 0.752. The lowest BCUT2D eigenvalue weighted by molar-refractivity contribution is 0.0351. The van der Waals surface area contributed by atoms with Crippen molar-refractivity contribution in [1.82, 2.24) is 10.2 Å². The first kappa shape index (κ1) is 14.3. The van der Waals surface area contributed by atoms with Crippen LogP contribution in [0.1, 0.15) is 65.7 Å². The zero-order chi connectivity index (χ0) is 13.0. The second kappa shape index (κ2) is 6.91. The van der Waals surface area contributed by atoms with Crippen molar-refractivity contribution in [3.05, 3.63) is 0 Å². The number of likely N-dealkylation sites (N-methyl/N-ethyl adjacent to an activating group) is 1. The van der Waals surface area contributed by atoms with E-state index in [1.54, 1.807) is 0 Å². The van der Waals surface area contributed by atoms with Crippen LogP contribution in [0, 0.1) is 5.92 Å². The van der Waals surface area contributed by atoms with E-state index in [4.69, 9.17) is 0 Å². The molecular formula is C16H32N2. The van der Waals surface area contributed by atoms with Crippen LogP contribution in [0.5, 0.6) is 0 Å². The van der Waals surface area contributed by atoms with Gasteiger partial charge in [0.25, 0.3) is 0 Å². The van der Waals surface area contributed by atoms with Crippen LogP contribution in [-0.2, 0) is 0 Å². The zero-order valence-corrected chi connectivity index (χ0v) is 12.6. The Kier molecular flexibility index (Phi) is 5.50. The van der Waals surface area contributed by atoms with Crippen molar-refractivity contribution < 1.29 is 0 Å². The molecule has 2 nitrogen and oxygen atoms in total. The molecule has 0 aromatic carbocycles. The Morgan fingerprint density at radius 2 is 1.83 bits per heavy atom. The Hall–Kier alpha value is -0.0800. The first-order valence-corrected chi connectivity index (χ1v) is 8.25. The van der Waals surface area contributed by atoms with Crippen LogP contribution >= 0.6 is 0 Å². The molecule has 2 aliphatic rings. The first-order valence-electron chi connectivity index (χ1n) is 8.25. The van der Waals surface area contributed by atoms with Gasteiger partial charge in [-0.25, -0.2) is 0 Å². The Balaban J connectivity index is 2.01. The molecule has 2 rings (SSSR count). The highest BCUT2D eigenvalue weighted by atomic mass is 15.2. The zero-order valence-electron chi connectivity index (χ0n) is 12.6. The highest BCUT2D eigenvalue weighted by Crippen LogP contribution is 2.31. The van der Waals surface area contributed by atoms with Crippen molar-refractivity contribution in [2.45, 2.75) is 83.8 Å². The number of likely N-dealkylation sites (tertiary alicyclic amines) is 1. The lowest BCUT2D eigenvalue weighted by atomic mass is 9.84. The predicted molar refractivity (Wildman–Crippen MR) is 78.9 cm³/mol. The summed E-state index contributed by atoms with van der Waals surface area (Å²) in [4.78, 5) is 2.85. The molecule has 0 aromatic heterocycles. The molecule has 2 heteroatoms. The van der Waals surface area contributed by atoms with E-state index in [1.165, 1.54) is 51.5 Å². The average molecular weight is 252 g/mol. The molecular weight excluding hydrogens is 220 g/mol. The highest BCUT2D eigenvalue weighted by Gasteiger charge is 2.35. The number of nitrogens with one attached hydrogen (secondary N) is 1. The van der Waals surface area contributed by atoms with Gasteiger partial charge < -0.3 is 5.32 Å². The van der Waals surface area contributed by atoms with Crippen LogP contribution in [0.3, 0.4) is 0 Å². The second-order valence-corrected chi connectivity index (χ2v) is 6.41. The predicted octanol–water partition coefficient (Wildman–Crippen LogP) is 3.42. The molecule has 1 aliphatic heterocycles. The summed E-state index contributed by atoms with van der Waals surface area (Å²) in [5, 5.41) is 3.74. The summed E-state index contributed by atoms with van der Waals surface area (Å²) in [5.41, 5.74) is 0. The molecule has 0 amide bonds. The van der Waals surface area contributed by atoms with Gasteiger partial charge in [0.05, 0.1) is 0 Å². The molecule has 0 aromatic rings. The third-order valence-corrected chi connectivity index (χ3v) is 5.23. The molecule has 18 heavy (non-hydrogen) atoms. The topological polar surface area (TPSA) is 15.3 Å². The van der Waals surface area contributed by atoms with Crippen LogP contribution in [0.25, 0.3) is 0 Å². The van der Waals surface area contributed by atoms with Gasteiger partial charge in [0.1, 0.15) is 0 Å². The monoisotopic (exact) mass is 252 g/mol. The number of piperidine rings is 1.